The summed E-state index contributed by atoms with van der Waals surface area (Å²) in [6, 6.07) is 34.9. The van der Waals surface area contributed by atoms with Crippen LogP contribution in [0.5, 0.6) is 0 Å². The second-order valence-electron chi connectivity index (χ2n) is 7.71. The van der Waals surface area contributed by atoms with Crippen molar-refractivity contribution in [2.75, 3.05) is 0 Å². The fraction of sp³-hybridized carbons (Fsp3) is 0.0968. The number of hydrogen-bond donors (Lipinski definition) is 0. The first-order valence-electron chi connectivity index (χ1n) is 12.3. The van der Waals surface area contributed by atoms with Gasteiger partial charge in [-0.2, -0.15) is 0 Å². The van der Waals surface area contributed by atoms with Crippen LogP contribution in [0.3, 0.4) is 0 Å². The summed E-state index contributed by atoms with van der Waals surface area (Å²) < 4.78 is 22.2. The number of aryl methyl sites for hydroxylation is 3. The Kier molecular flexibility index (Phi) is 7.58. The molecular formula is C31H26IrN2-2. The van der Waals surface area contributed by atoms with Crippen molar-refractivity contribution in [3.05, 3.63) is 132 Å². The van der Waals surface area contributed by atoms with E-state index in [0.717, 1.165) is 33.6 Å². The molecule has 0 atom stereocenters. The van der Waals surface area contributed by atoms with Crippen molar-refractivity contribution >= 4 is 0 Å². The van der Waals surface area contributed by atoms with Gasteiger partial charge in [0, 0.05) is 36.6 Å². The zero-order valence-corrected chi connectivity index (χ0v) is 21.4. The van der Waals surface area contributed by atoms with Gasteiger partial charge in [0.25, 0.3) is 0 Å². The van der Waals surface area contributed by atoms with Gasteiger partial charge in [-0.05, 0) is 54.8 Å². The molecule has 2 aromatic heterocycles. The van der Waals surface area contributed by atoms with Gasteiger partial charge in [-0.15, -0.1) is 71.8 Å². The minimum Gasteiger partial charge on any atom is -0.305 e. The van der Waals surface area contributed by atoms with Crippen molar-refractivity contribution in [3.63, 3.8) is 0 Å². The third-order valence-electron chi connectivity index (χ3n) is 5.32. The Balaban J connectivity index is 0.000000220. The van der Waals surface area contributed by atoms with E-state index >= 15 is 0 Å². The predicted molar refractivity (Wildman–Crippen MR) is 137 cm³/mol. The number of aromatic nitrogens is 2. The Morgan fingerprint density at radius 3 is 1.88 bits per heavy atom. The van der Waals surface area contributed by atoms with Gasteiger partial charge in [-0.25, -0.2) is 0 Å². The summed E-state index contributed by atoms with van der Waals surface area (Å²) in [4.78, 5) is 8.75. The third kappa shape index (κ3) is 6.57. The molecule has 2 nitrogen and oxygen atoms in total. The molecule has 0 amide bonds. The summed E-state index contributed by atoms with van der Waals surface area (Å²) in [6.45, 7) is 2.10. The quantitative estimate of drug-likeness (QED) is 0.193. The van der Waals surface area contributed by atoms with E-state index < -0.39 is 6.85 Å². The summed E-state index contributed by atoms with van der Waals surface area (Å²) >= 11 is 0. The van der Waals surface area contributed by atoms with Gasteiger partial charge >= 0.3 is 0 Å². The summed E-state index contributed by atoms with van der Waals surface area (Å²) in [5.41, 5.74) is 8.64. The van der Waals surface area contributed by atoms with E-state index in [4.69, 9.17) is 4.11 Å². The van der Waals surface area contributed by atoms with E-state index in [1.165, 1.54) is 11.1 Å². The summed E-state index contributed by atoms with van der Waals surface area (Å²) in [5, 5.41) is 0. The van der Waals surface area contributed by atoms with Crippen molar-refractivity contribution in [1.82, 2.24) is 9.97 Å². The molecule has 3 aromatic carbocycles. The van der Waals surface area contributed by atoms with Crippen LogP contribution in [0.15, 0.2) is 103 Å². The van der Waals surface area contributed by atoms with Crippen LogP contribution in [-0.4, -0.2) is 9.97 Å². The standard InChI is InChI=1S/C18H14N.C13H12N.Ir/c1-14-7-9-15(10-8-14)17-11-12-19-18(13-17)16-5-3-2-4-6-16;1-10-8-13(14-9-11(10)2)12-6-4-3-5-7-12;/h2-5,7-13H,1H3;3-6,8-9H,1-2H3;/q2*-1;/i1D3;;. The first-order chi connectivity index (χ1) is 17.3. The van der Waals surface area contributed by atoms with Crippen LogP contribution in [-0.2, 0) is 20.1 Å². The fourth-order valence-electron chi connectivity index (χ4n) is 3.30. The molecular weight excluding hydrogens is 593 g/mol. The molecule has 3 heteroatoms. The molecule has 2 heterocycles. The summed E-state index contributed by atoms with van der Waals surface area (Å²) in [6.07, 6.45) is 3.66. The zero-order chi connectivity index (χ0) is 25.5. The molecule has 0 aliphatic rings. The molecule has 0 fully saturated rings. The molecule has 0 spiro atoms. The van der Waals surface area contributed by atoms with Crippen LogP contribution in [0.1, 0.15) is 20.8 Å². The van der Waals surface area contributed by atoms with Crippen molar-refractivity contribution < 1.29 is 24.2 Å². The molecule has 0 N–H and O–H groups in total. The molecule has 171 valence electrons. The van der Waals surface area contributed by atoms with Gasteiger partial charge in [-0.3, -0.25) is 0 Å². The van der Waals surface area contributed by atoms with Crippen LogP contribution >= 0.6 is 0 Å². The zero-order valence-electron chi connectivity index (χ0n) is 22.0. The minimum atomic E-state index is -2.07. The fourth-order valence-corrected chi connectivity index (χ4v) is 3.30. The van der Waals surface area contributed by atoms with E-state index in [-0.39, 0.29) is 20.1 Å². The second kappa shape index (κ2) is 12.2. The smallest absolute Gasteiger partial charge is 0.0280 e. The first kappa shape index (κ1) is 21.2. The van der Waals surface area contributed by atoms with Crippen LogP contribution < -0.4 is 0 Å². The molecule has 0 aliphatic carbocycles. The van der Waals surface area contributed by atoms with Crippen LogP contribution in [0.2, 0.25) is 0 Å². The number of benzene rings is 3. The number of nitrogens with zero attached hydrogens (tertiary/aromatic N) is 2. The van der Waals surface area contributed by atoms with E-state index in [1.807, 2.05) is 79.0 Å². The molecule has 5 rings (SSSR count). The Labute approximate surface area is 220 Å². The van der Waals surface area contributed by atoms with Crippen LogP contribution in [0, 0.1) is 32.8 Å². The Morgan fingerprint density at radius 1 is 0.676 bits per heavy atom. The van der Waals surface area contributed by atoms with E-state index in [9.17, 15) is 0 Å². The number of rotatable bonds is 3. The van der Waals surface area contributed by atoms with Crippen molar-refractivity contribution in [2.45, 2.75) is 20.7 Å². The van der Waals surface area contributed by atoms with E-state index in [1.54, 1.807) is 18.3 Å². The largest absolute Gasteiger partial charge is 0.305 e. The Hall–Kier alpha value is -3.39. The third-order valence-corrected chi connectivity index (χ3v) is 5.32. The van der Waals surface area contributed by atoms with E-state index in [2.05, 4.69) is 42.0 Å². The van der Waals surface area contributed by atoms with Crippen molar-refractivity contribution in [3.8, 4) is 33.6 Å². The second-order valence-corrected chi connectivity index (χ2v) is 7.71. The van der Waals surface area contributed by atoms with Gasteiger partial charge in [0.05, 0.1) is 0 Å². The van der Waals surface area contributed by atoms with Crippen molar-refractivity contribution in [2.24, 2.45) is 0 Å². The average Bonchev–Trinajstić information content (AvgIpc) is 2.91. The van der Waals surface area contributed by atoms with Gasteiger partial charge in [-0.1, -0.05) is 47.5 Å². The molecule has 0 saturated heterocycles. The summed E-state index contributed by atoms with van der Waals surface area (Å²) in [5.74, 6) is 0. The maximum Gasteiger partial charge on any atom is 0.0280 e. The molecule has 0 unspecified atom stereocenters. The number of hydrogen-bond acceptors (Lipinski definition) is 2. The molecule has 0 saturated carbocycles. The van der Waals surface area contributed by atoms with Gasteiger partial charge in [0.2, 0.25) is 0 Å². The molecule has 34 heavy (non-hydrogen) atoms. The van der Waals surface area contributed by atoms with Crippen LogP contribution in [0.25, 0.3) is 33.6 Å². The molecule has 0 aliphatic heterocycles. The average molecular weight is 622 g/mol. The van der Waals surface area contributed by atoms with Gasteiger partial charge in [0.1, 0.15) is 0 Å². The van der Waals surface area contributed by atoms with Crippen LogP contribution in [0.4, 0.5) is 0 Å². The molecule has 0 bridgehead atoms. The van der Waals surface area contributed by atoms with Crippen molar-refractivity contribution in [1.29, 1.82) is 0 Å². The molecule has 1 radical (unpaired) electrons. The van der Waals surface area contributed by atoms with E-state index in [0.29, 0.717) is 5.56 Å². The predicted octanol–water partition coefficient (Wildman–Crippen LogP) is 7.69. The minimum absolute atomic E-state index is 0. The maximum atomic E-state index is 7.41. The SMILES string of the molecule is Cc1cnc(-c2[c-]cccc2)cc1C.[2H]C([2H])([2H])c1ccc(-c2ccnc(-c3[c-]cccc3)c2)cc1.[Ir]. The number of pyridine rings is 2. The summed E-state index contributed by atoms with van der Waals surface area (Å²) in [7, 11) is 0. The topological polar surface area (TPSA) is 25.8 Å². The Morgan fingerprint density at radius 2 is 1.32 bits per heavy atom. The first-order valence-corrected chi connectivity index (χ1v) is 10.8. The maximum absolute atomic E-state index is 7.41. The monoisotopic (exact) mass is 622 g/mol. The Bertz CT molecular complexity index is 1420. The van der Waals surface area contributed by atoms with Gasteiger partial charge in [0.15, 0.2) is 0 Å². The normalized spacial score (nSPS) is 11.6. The molecule has 5 aromatic rings. The van der Waals surface area contributed by atoms with Gasteiger partial charge < -0.3 is 9.97 Å².